The van der Waals surface area contributed by atoms with Gasteiger partial charge < -0.3 is 25.1 Å². The van der Waals surface area contributed by atoms with Crippen molar-refractivity contribution >= 4 is 51.3 Å². The highest BCUT2D eigenvalue weighted by Crippen LogP contribution is 2.32. The lowest BCUT2D eigenvalue weighted by atomic mass is 10.2. The van der Waals surface area contributed by atoms with Gasteiger partial charge in [0.05, 0.1) is 17.6 Å². The summed E-state index contributed by atoms with van der Waals surface area (Å²) < 4.78 is 11.1. The number of hydrogen-bond acceptors (Lipinski definition) is 8. The molecule has 156 valence electrons. The van der Waals surface area contributed by atoms with E-state index >= 15 is 0 Å². The lowest BCUT2D eigenvalue weighted by Crippen LogP contribution is -2.24. The zero-order valence-corrected chi connectivity index (χ0v) is 17.8. The highest BCUT2D eigenvalue weighted by Gasteiger charge is 2.14. The molecule has 0 atom stereocenters. The summed E-state index contributed by atoms with van der Waals surface area (Å²) in [5.74, 6) is 1.94. The topological polar surface area (TPSA) is 101 Å². The number of thiazole rings is 1. The number of carbonyl (C=O) groups excluding carboxylic acids is 1. The molecule has 5 rings (SSSR count). The van der Waals surface area contributed by atoms with Crippen molar-refractivity contribution in [3.05, 3.63) is 63.9 Å². The van der Waals surface area contributed by atoms with E-state index < -0.39 is 0 Å². The van der Waals surface area contributed by atoms with Gasteiger partial charge in [0, 0.05) is 17.3 Å². The summed E-state index contributed by atoms with van der Waals surface area (Å²) in [5.41, 5.74) is 2.52. The second-order valence-electron chi connectivity index (χ2n) is 6.85. The van der Waals surface area contributed by atoms with Gasteiger partial charge in [-0.05, 0) is 42.0 Å². The Balaban J connectivity index is 1.22. The molecule has 1 aliphatic heterocycles. The highest BCUT2D eigenvalue weighted by atomic mass is 32.1. The Kier molecular flexibility index (Phi) is 5.23. The number of fused-ring (bicyclic) bond motifs is 2. The SMILES string of the molecule is O=C(Cc1csc(Nc2nc(=S)[nH]c3ccccc23)n1)NCc1ccc2c(c1)OCO2. The predicted molar refractivity (Wildman–Crippen MR) is 120 cm³/mol. The number of ether oxygens (including phenoxy) is 2. The molecule has 1 amide bonds. The molecular weight excluding hydrogens is 434 g/mol. The molecule has 0 bridgehead atoms. The summed E-state index contributed by atoms with van der Waals surface area (Å²) in [7, 11) is 0. The van der Waals surface area contributed by atoms with E-state index in [-0.39, 0.29) is 19.1 Å². The molecular formula is C21H17N5O3S2. The Hall–Kier alpha value is -3.50. The molecule has 2 aromatic heterocycles. The Morgan fingerprint density at radius 3 is 2.97 bits per heavy atom. The largest absolute Gasteiger partial charge is 0.454 e. The number of amides is 1. The van der Waals surface area contributed by atoms with Gasteiger partial charge in [-0.3, -0.25) is 4.79 Å². The zero-order chi connectivity index (χ0) is 21.2. The van der Waals surface area contributed by atoms with Crippen LogP contribution in [-0.4, -0.2) is 27.7 Å². The monoisotopic (exact) mass is 451 g/mol. The van der Waals surface area contributed by atoms with E-state index in [0.29, 0.717) is 33.7 Å². The average molecular weight is 452 g/mol. The fourth-order valence-corrected chi connectivity index (χ4v) is 4.13. The first-order chi connectivity index (χ1) is 15.1. The van der Waals surface area contributed by atoms with Crippen molar-refractivity contribution in [2.75, 3.05) is 12.1 Å². The molecule has 8 nitrogen and oxygen atoms in total. The maximum atomic E-state index is 12.4. The van der Waals surface area contributed by atoms with Crippen LogP contribution in [0.15, 0.2) is 47.8 Å². The number of benzene rings is 2. The van der Waals surface area contributed by atoms with Gasteiger partial charge in [-0.1, -0.05) is 18.2 Å². The molecule has 0 fully saturated rings. The van der Waals surface area contributed by atoms with Crippen LogP contribution >= 0.6 is 23.6 Å². The minimum absolute atomic E-state index is 0.111. The molecule has 3 N–H and O–H groups in total. The molecule has 0 saturated carbocycles. The smallest absolute Gasteiger partial charge is 0.231 e. The van der Waals surface area contributed by atoms with Gasteiger partial charge >= 0.3 is 0 Å². The maximum absolute atomic E-state index is 12.4. The minimum atomic E-state index is -0.111. The van der Waals surface area contributed by atoms with Crippen molar-refractivity contribution in [2.24, 2.45) is 0 Å². The number of H-pyrrole nitrogens is 1. The highest BCUT2D eigenvalue weighted by molar-refractivity contribution is 7.71. The molecule has 3 heterocycles. The number of nitrogens with one attached hydrogen (secondary N) is 3. The van der Waals surface area contributed by atoms with E-state index in [1.54, 1.807) is 0 Å². The second-order valence-corrected chi connectivity index (χ2v) is 8.09. The van der Waals surface area contributed by atoms with Crippen molar-refractivity contribution in [3.63, 3.8) is 0 Å². The van der Waals surface area contributed by atoms with Crippen LogP contribution in [0.4, 0.5) is 10.9 Å². The van der Waals surface area contributed by atoms with Gasteiger partial charge in [-0.25, -0.2) is 9.97 Å². The van der Waals surface area contributed by atoms with E-state index in [2.05, 4.69) is 25.6 Å². The van der Waals surface area contributed by atoms with Crippen LogP contribution in [0.2, 0.25) is 0 Å². The summed E-state index contributed by atoms with van der Waals surface area (Å²) >= 11 is 6.62. The van der Waals surface area contributed by atoms with E-state index in [4.69, 9.17) is 21.7 Å². The average Bonchev–Trinajstić information content (AvgIpc) is 3.41. The normalized spacial score (nSPS) is 12.1. The summed E-state index contributed by atoms with van der Waals surface area (Å²) in [4.78, 5) is 24.3. The van der Waals surface area contributed by atoms with Crippen LogP contribution in [0.5, 0.6) is 11.5 Å². The lowest BCUT2D eigenvalue weighted by Gasteiger charge is -2.06. The number of para-hydroxylation sites is 1. The number of anilines is 2. The number of hydrogen-bond donors (Lipinski definition) is 3. The van der Waals surface area contributed by atoms with Gasteiger partial charge in [0.15, 0.2) is 21.4 Å². The molecule has 1 aliphatic rings. The minimum Gasteiger partial charge on any atom is -0.454 e. The third-order valence-electron chi connectivity index (χ3n) is 4.68. The standard InChI is InChI=1S/C21H17N5O3S2/c27-18(22-9-12-5-6-16-17(7-12)29-11-28-16)8-13-10-31-21(23-13)26-19-14-3-1-2-4-15(14)24-20(30)25-19/h1-7,10H,8-9,11H2,(H,22,27)(H2,23,24,25,26,30). The van der Waals surface area contributed by atoms with Gasteiger partial charge in [-0.2, -0.15) is 0 Å². The molecule has 0 spiro atoms. The quantitative estimate of drug-likeness (QED) is 0.380. The fourth-order valence-electron chi connectivity index (χ4n) is 3.22. The molecule has 31 heavy (non-hydrogen) atoms. The third kappa shape index (κ3) is 4.35. The molecule has 0 unspecified atom stereocenters. The van der Waals surface area contributed by atoms with Crippen molar-refractivity contribution in [3.8, 4) is 11.5 Å². The summed E-state index contributed by atoms with van der Waals surface area (Å²) in [5, 5.41) is 9.54. The van der Waals surface area contributed by atoms with Crippen LogP contribution < -0.4 is 20.1 Å². The van der Waals surface area contributed by atoms with Crippen molar-refractivity contribution in [1.29, 1.82) is 0 Å². The Morgan fingerprint density at radius 2 is 2.03 bits per heavy atom. The van der Waals surface area contributed by atoms with Crippen LogP contribution in [0, 0.1) is 4.77 Å². The van der Waals surface area contributed by atoms with Crippen molar-refractivity contribution < 1.29 is 14.3 Å². The number of aromatic nitrogens is 3. The first-order valence-electron chi connectivity index (χ1n) is 9.50. The van der Waals surface area contributed by atoms with E-state index in [1.807, 2.05) is 47.8 Å². The van der Waals surface area contributed by atoms with Crippen LogP contribution in [-0.2, 0) is 17.8 Å². The Labute approximate surface area is 186 Å². The lowest BCUT2D eigenvalue weighted by molar-refractivity contribution is -0.120. The number of nitrogens with zero attached hydrogens (tertiary/aromatic N) is 2. The van der Waals surface area contributed by atoms with Crippen molar-refractivity contribution in [1.82, 2.24) is 20.3 Å². The maximum Gasteiger partial charge on any atom is 0.231 e. The molecule has 0 aliphatic carbocycles. The number of carbonyl (C=O) groups is 1. The van der Waals surface area contributed by atoms with Gasteiger partial charge in [0.2, 0.25) is 12.7 Å². The first-order valence-corrected chi connectivity index (χ1v) is 10.8. The molecule has 2 aromatic carbocycles. The van der Waals surface area contributed by atoms with Crippen LogP contribution in [0.25, 0.3) is 10.9 Å². The second kappa shape index (κ2) is 8.32. The van der Waals surface area contributed by atoms with Crippen LogP contribution in [0.3, 0.4) is 0 Å². The summed E-state index contributed by atoms with van der Waals surface area (Å²) in [6, 6.07) is 13.4. The van der Waals surface area contributed by atoms with Crippen molar-refractivity contribution in [2.45, 2.75) is 13.0 Å². The molecule has 4 aromatic rings. The van der Waals surface area contributed by atoms with E-state index in [1.165, 1.54) is 11.3 Å². The Bertz CT molecular complexity index is 1330. The molecule has 0 saturated heterocycles. The van der Waals surface area contributed by atoms with E-state index in [0.717, 1.165) is 22.2 Å². The zero-order valence-electron chi connectivity index (χ0n) is 16.2. The van der Waals surface area contributed by atoms with Gasteiger partial charge in [0.1, 0.15) is 5.82 Å². The molecule has 10 heteroatoms. The Morgan fingerprint density at radius 1 is 1.16 bits per heavy atom. The fraction of sp³-hybridized carbons (Fsp3) is 0.143. The summed E-state index contributed by atoms with van der Waals surface area (Å²) in [6.45, 7) is 0.633. The first kappa shape index (κ1) is 19.5. The van der Waals surface area contributed by atoms with Gasteiger partial charge in [0.25, 0.3) is 0 Å². The van der Waals surface area contributed by atoms with Gasteiger partial charge in [-0.15, -0.1) is 11.3 Å². The van der Waals surface area contributed by atoms with Crippen LogP contribution in [0.1, 0.15) is 11.3 Å². The number of aromatic amines is 1. The third-order valence-corrected chi connectivity index (χ3v) is 5.68. The van der Waals surface area contributed by atoms with E-state index in [9.17, 15) is 4.79 Å². The predicted octanol–water partition coefficient (Wildman–Crippen LogP) is 4.08. The number of rotatable bonds is 6. The summed E-state index contributed by atoms with van der Waals surface area (Å²) in [6.07, 6.45) is 0.186. The molecule has 0 radical (unpaired) electrons.